The third-order valence-electron chi connectivity index (χ3n) is 4.19. The van der Waals surface area contributed by atoms with Gasteiger partial charge in [-0.25, -0.2) is 4.52 Å². The molecule has 0 unspecified atom stereocenters. The van der Waals surface area contributed by atoms with Crippen molar-refractivity contribution in [3.8, 4) is 11.1 Å². The Morgan fingerprint density at radius 1 is 0.963 bits per heavy atom. The molecular formula is C21H19N5O. The number of aryl methyl sites for hydroxylation is 1. The number of anilines is 3. The first-order valence-corrected chi connectivity index (χ1v) is 8.65. The lowest BCUT2D eigenvalue weighted by molar-refractivity contribution is -0.114. The molecule has 0 spiro atoms. The van der Waals surface area contributed by atoms with Crippen molar-refractivity contribution in [3.63, 3.8) is 0 Å². The Kier molecular flexibility index (Phi) is 4.30. The Hall–Kier alpha value is -3.67. The molecular weight excluding hydrogens is 338 g/mol. The van der Waals surface area contributed by atoms with Crippen molar-refractivity contribution in [2.75, 3.05) is 10.6 Å². The number of fused-ring (bicyclic) bond motifs is 1. The molecule has 2 heterocycles. The van der Waals surface area contributed by atoms with Crippen LogP contribution in [0.3, 0.4) is 0 Å². The first-order chi connectivity index (χ1) is 13.1. The van der Waals surface area contributed by atoms with Crippen LogP contribution in [0.15, 0.2) is 66.9 Å². The van der Waals surface area contributed by atoms with Crippen LogP contribution in [0.5, 0.6) is 0 Å². The molecule has 0 saturated heterocycles. The van der Waals surface area contributed by atoms with E-state index in [1.165, 1.54) is 12.5 Å². The summed E-state index contributed by atoms with van der Waals surface area (Å²) in [5.74, 6) is 0.420. The fourth-order valence-electron chi connectivity index (χ4n) is 2.89. The summed E-state index contributed by atoms with van der Waals surface area (Å²) in [6, 6.07) is 19.8. The molecule has 4 aromatic rings. The van der Waals surface area contributed by atoms with Gasteiger partial charge in [0.05, 0.1) is 0 Å². The van der Waals surface area contributed by atoms with Gasteiger partial charge in [-0.2, -0.15) is 4.98 Å². The highest BCUT2D eigenvalue weighted by Gasteiger charge is 2.10. The standard InChI is InChI=1S/C21H19N5O/c1-14-5-7-16(8-6-14)19-4-3-13-26-20(19)24-21(25-26)23-18-11-9-17(10-12-18)22-15(2)27/h3-13H,1-2H3,(H,22,27)(H,23,25). The summed E-state index contributed by atoms with van der Waals surface area (Å²) in [4.78, 5) is 15.8. The second-order valence-electron chi connectivity index (χ2n) is 6.38. The van der Waals surface area contributed by atoms with Crippen LogP contribution in [0.4, 0.5) is 17.3 Å². The average molecular weight is 357 g/mol. The molecule has 0 bridgehead atoms. The Labute approximate surface area is 156 Å². The highest BCUT2D eigenvalue weighted by atomic mass is 16.1. The van der Waals surface area contributed by atoms with Gasteiger partial charge in [0.2, 0.25) is 11.9 Å². The summed E-state index contributed by atoms with van der Waals surface area (Å²) in [5, 5.41) is 10.5. The first kappa shape index (κ1) is 16.8. The molecule has 2 N–H and O–H groups in total. The van der Waals surface area contributed by atoms with E-state index < -0.39 is 0 Å². The van der Waals surface area contributed by atoms with Crippen LogP contribution in [0, 0.1) is 6.92 Å². The maximum atomic E-state index is 11.1. The summed E-state index contributed by atoms with van der Waals surface area (Å²) in [7, 11) is 0. The van der Waals surface area contributed by atoms with Gasteiger partial charge in [0.1, 0.15) is 0 Å². The van der Waals surface area contributed by atoms with Gasteiger partial charge in [0.25, 0.3) is 0 Å². The van der Waals surface area contributed by atoms with Crippen molar-refractivity contribution < 1.29 is 4.79 Å². The van der Waals surface area contributed by atoms with E-state index in [-0.39, 0.29) is 5.91 Å². The number of nitrogens with one attached hydrogen (secondary N) is 2. The summed E-state index contributed by atoms with van der Waals surface area (Å²) < 4.78 is 1.77. The van der Waals surface area contributed by atoms with Crippen LogP contribution >= 0.6 is 0 Å². The lowest BCUT2D eigenvalue weighted by Gasteiger charge is -2.04. The van der Waals surface area contributed by atoms with E-state index in [1.54, 1.807) is 4.52 Å². The van der Waals surface area contributed by atoms with Gasteiger partial charge in [0.15, 0.2) is 5.65 Å². The van der Waals surface area contributed by atoms with Gasteiger partial charge in [0, 0.05) is 30.1 Å². The fraction of sp³-hybridized carbons (Fsp3) is 0.0952. The molecule has 1 amide bonds. The lowest BCUT2D eigenvalue weighted by Crippen LogP contribution is -2.05. The van der Waals surface area contributed by atoms with E-state index in [9.17, 15) is 4.79 Å². The largest absolute Gasteiger partial charge is 0.326 e. The molecule has 0 fully saturated rings. The van der Waals surface area contributed by atoms with Gasteiger partial charge >= 0.3 is 0 Å². The zero-order chi connectivity index (χ0) is 18.8. The van der Waals surface area contributed by atoms with Crippen LogP contribution in [-0.2, 0) is 4.79 Å². The molecule has 2 aromatic carbocycles. The van der Waals surface area contributed by atoms with Gasteiger partial charge in [-0.3, -0.25) is 4.79 Å². The minimum atomic E-state index is -0.0960. The minimum Gasteiger partial charge on any atom is -0.326 e. The average Bonchev–Trinajstić information content (AvgIpc) is 3.06. The van der Waals surface area contributed by atoms with Crippen LogP contribution in [-0.4, -0.2) is 20.5 Å². The van der Waals surface area contributed by atoms with Crippen LogP contribution in [0.2, 0.25) is 0 Å². The number of nitrogens with zero attached hydrogens (tertiary/aromatic N) is 3. The van der Waals surface area contributed by atoms with Crippen molar-refractivity contribution in [1.29, 1.82) is 0 Å². The zero-order valence-electron chi connectivity index (χ0n) is 15.1. The van der Waals surface area contributed by atoms with Crippen LogP contribution in [0.1, 0.15) is 12.5 Å². The minimum absolute atomic E-state index is 0.0960. The van der Waals surface area contributed by atoms with E-state index >= 15 is 0 Å². The van der Waals surface area contributed by atoms with Gasteiger partial charge < -0.3 is 10.6 Å². The number of aromatic nitrogens is 3. The predicted molar refractivity (Wildman–Crippen MR) is 107 cm³/mol. The molecule has 0 aliphatic heterocycles. The lowest BCUT2D eigenvalue weighted by atomic mass is 10.1. The quantitative estimate of drug-likeness (QED) is 0.568. The summed E-state index contributed by atoms with van der Waals surface area (Å²) >= 11 is 0. The molecule has 4 rings (SSSR count). The number of carbonyl (C=O) groups excluding carboxylic acids is 1. The van der Waals surface area contributed by atoms with Crippen molar-refractivity contribution in [2.45, 2.75) is 13.8 Å². The number of amides is 1. The first-order valence-electron chi connectivity index (χ1n) is 8.65. The van der Waals surface area contributed by atoms with E-state index in [1.807, 2.05) is 42.6 Å². The second-order valence-corrected chi connectivity index (χ2v) is 6.38. The Bertz CT molecular complexity index is 1100. The normalized spacial score (nSPS) is 10.7. The smallest absolute Gasteiger partial charge is 0.247 e. The molecule has 2 aromatic heterocycles. The van der Waals surface area contributed by atoms with E-state index in [0.29, 0.717) is 5.95 Å². The molecule has 6 heteroatoms. The molecule has 0 atom stereocenters. The number of carbonyl (C=O) groups is 1. The van der Waals surface area contributed by atoms with E-state index in [4.69, 9.17) is 0 Å². The summed E-state index contributed by atoms with van der Waals surface area (Å²) in [5.41, 5.74) is 5.73. The summed E-state index contributed by atoms with van der Waals surface area (Å²) in [6.07, 6.45) is 1.88. The van der Waals surface area contributed by atoms with E-state index in [0.717, 1.165) is 28.1 Å². The topological polar surface area (TPSA) is 71.3 Å². The SMILES string of the molecule is CC(=O)Nc1ccc(Nc2nc3c(-c4ccc(C)cc4)cccn3n2)cc1. The van der Waals surface area contributed by atoms with Gasteiger partial charge in [-0.1, -0.05) is 29.8 Å². The number of pyridine rings is 1. The second kappa shape index (κ2) is 6.92. The predicted octanol–water partition coefficient (Wildman–Crippen LogP) is 4.41. The zero-order valence-corrected chi connectivity index (χ0v) is 15.1. The van der Waals surface area contributed by atoms with Crippen molar-refractivity contribution in [1.82, 2.24) is 14.6 Å². The molecule has 0 aliphatic rings. The summed E-state index contributed by atoms with van der Waals surface area (Å²) in [6.45, 7) is 3.55. The molecule has 0 aliphatic carbocycles. The van der Waals surface area contributed by atoms with Crippen molar-refractivity contribution >= 4 is 28.9 Å². The van der Waals surface area contributed by atoms with Crippen LogP contribution in [0.25, 0.3) is 16.8 Å². The van der Waals surface area contributed by atoms with E-state index in [2.05, 4.69) is 51.9 Å². The van der Waals surface area contributed by atoms with Gasteiger partial charge in [-0.05, 0) is 48.9 Å². The highest BCUT2D eigenvalue weighted by Crippen LogP contribution is 2.25. The maximum Gasteiger partial charge on any atom is 0.247 e. The number of hydrogen-bond donors (Lipinski definition) is 2. The van der Waals surface area contributed by atoms with Gasteiger partial charge in [-0.15, -0.1) is 5.10 Å². The van der Waals surface area contributed by atoms with Crippen molar-refractivity contribution in [3.05, 3.63) is 72.4 Å². The Morgan fingerprint density at radius 3 is 2.37 bits per heavy atom. The molecule has 134 valence electrons. The number of benzene rings is 2. The molecule has 0 saturated carbocycles. The number of rotatable bonds is 4. The maximum absolute atomic E-state index is 11.1. The third kappa shape index (κ3) is 3.64. The molecule has 0 radical (unpaired) electrons. The molecule has 6 nitrogen and oxygen atoms in total. The van der Waals surface area contributed by atoms with Crippen LogP contribution < -0.4 is 10.6 Å². The van der Waals surface area contributed by atoms with Crippen molar-refractivity contribution in [2.24, 2.45) is 0 Å². The number of hydrogen-bond acceptors (Lipinski definition) is 4. The Morgan fingerprint density at radius 2 is 1.67 bits per heavy atom. The molecule has 27 heavy (non-hydrogen) atoms. The fourth-order valence-corrected chi connectivity index (χ4v) is 2.89. The Balaban J connectivity index is 1.63. The highest BCUT2D eigenvalue weighted by molar-refractivity contribution is 5.88. The monoisotopic (exact) mass is 357 g/mol. The third-order valence-corrected chi connectivity index (χ3v) is 4.19.